The average molecular weight is 687 g/mol. The lowest BCUT2D eigenvalue weighted by Gasteiger charge is -2.46. The predicted octanol–water partition coefficient (Wildman–Crippen LogP) is 5.18. The van der Waals surface area contributed by atoms with E-state index in [4.69, 9.17) is 9.47 Å². The Morgan fingerprint density at radius 1 is 0.980 bits per heavy atom. The molecule has 8 N–H and O–H groups in total. The molecule has 50 heavy (non-hydrogen) atoms. The first-order chi connectivity index (χ1) is 24.3. The summed E-state index contributed by atoms with van der Waals surface area (Å²) in [6.45, 7) is -0.583. The second-order valence-corrected chi connectivity index (χ2v) is 14.6. The molecule has 268 valence electrons. The highest BCUT2D eigenvalue weighted by Crippen LogP contribution is 2.53. The number of aromatic nitrogens is 1. The Hall–Kier alpha value is -3.80. The van der Waals surface area contributed by atoms with E-state index in [-0.39, 0.29) is 59.9 Å². The Morgan fingerprint density at radius 2 is 1.82 bits per heavy atom. The van der Waals surface area contributed by atoms with Gasteiger partial charge in [-0.05, 0) is 91.3 Å². The number of hydrogen-bond acceptors (Lipinski definition) is 9. The third kappa shape index (κ3) is 6.22. The summed E-state index contributed by atoms with van der Waals surface area (Å²) >= 11 is 0. The number of aromatic amines is 1. The van der Waals surface area contributed by atoms with Gasteiger partial charge in [-0.15, -0.1) is 0 Å². The van der Waals surface area contributed by atoms with E-state index in [0.29, 0.717) is 35.9 Å². The Morgan fingerprint density at radius 3 is 2.54 bits per heavy atom. The van der Waals surface area contributed by atoms with Crippen molar-refractivity contribution in [2.75, 3.05) is 20.8 Å². The number of benzene rings is 2. The minimum atomic E-state index is -0.667. The quantitative estimate of drug-likeness (QED) is 0.112. The van der Waals surface area contributed by atoms with Crippen molar-refractivity contribution >= 4 is 0 Å². The van der Waals surface area contributed by atoms with E-state index >= 15 is 0 Å². The third-order valence-electron chi connectivity index (χ3n) is 12.1. The van der Waals surface area contributed by atoms with Crippen molar-refractivity contribution < 1.29 is 40.1 Å². The summed E-state index contributed by atoms with van der Waals surface area (Å²) in [6.07, 6.45) is 13.4. The normalized spacial score (nSPS) is 30.7. The van der Waals surface area contributed by atoms with Crippen LogP contribution in [0.2, 0.25) is 0 Å². The molecule has 3 aliphatic carbocycles. The van der Waals surface area contributed by atoms with Crippen LogP contribution in [0.25, 0.3) is 0 Å². The van der Waals surface area contributed by atoms with Crippen LogP contribution in [-0.2, 0) is 17.8 Å². The van der Waals surface area contributed by atoms with Gasteiger partial charge in [0, 0.05) is 59.8 Å². The molecule has 0 spiro atoms. The third-order valence-corrected chi connectivity index (χ3v) is 12.1. The number of hydrogen-bond donors (Lipinski definition) is 8. The van der Waals surface area contributed by atoms with Gasteiger partial charge in [0.25, 0.3) is 0 Å². The van der Waals surface area contributed by atoms with Gasteiger partial charge in [-0.2, -0.15) is 0 Å². The molecule has 1 aromatic heterocycles. The predicted molar refractivity (Wildman–Crippen MR) is 188 cm³/mol. The summed E-state index contributed by atoms with van der Waals surface area (Å²) in [5.41, 5.74) is 5.08. The van der Waals surface area contributed by atoms with Crippen molar-refractivity contribution in [2.24, 2.45) is 17.8 Å². The number of likely N-dealkylation sites (N-methyl/N-ethyl adjacent to an activating group) is 1. The molecule has 2 heterocycles. The zero-order chi connectivity index (χ0) is 35.1. The summed E-state index contributed by atoms with van der Waals surface area (Å²) < 4.78 is 12.5. The second kappa shape index (κ2) is 14.4. The molecule has 1 aliphatic heterocycles. The second-order valence-electron chi connectivity index (χ2n) is 14.6. The number of rotatable bonds is 9. The number of H-pyrrole nitrogens is 1. The molecule has 1 saturated carbocycles. The van der Waals surface area contributed by atoms with Crippen molar-refractivity contribution in [1.82, 2.24) is 10.3 Å². The molecular weight excluding hydrogens is 636 g/mol. The molecule has 0 amide bonds. The van der Waals surface area contributed by atoms with E-state index in [0.717, 1.165) is 47.9 Å². The molecule has 10 nitrogen and oxygen atoms in total. The summed E-state index contributed by atoms with van der Waals surface area (Å²) in [5.74, 6) is -0.0335. The van der Waals surface area contributed by atoms with Crippen LogP contribution in [0.3, 0.4) is 0 Å². The molecule has 0 radical (unpaired) electrons. The molecular formula is C40H50N2O8. The highest BCUT2D eigenvalue weighted by atomic mass is 16.5. The smallest absolute Gasteiger partial charge is 0.201 e. The minimum Gasteiger partial charge on any atom is -0.508 e. The maximum atomic E-state index is 11.5. The maximum Gasteiger partial charge on any atom is 0.201 e. The van der Waals surface area contributed by atoms with Crippen molar-refractivity contribution in [3.63, 3.8) is 0 Å². The van der Waals surface area contributed by atoms with Crippen LogP contribution >= 0.6 is 0 Å². The van der Waals surface area contributed by atoms with Gasteiger partial charge >= 0.3 is 0 Å². The fourth-order valence-electron chi connectivity index (χ4n) is 9.50. The van der Waals surface area contributed by atoms with Crippen LogP contribution in [0.4, 0.5) is 0 Å². The Bertz CT molecular complexity index is 1740. The Labute approximate surface area is 293 Å². The van der Waals surface area contributed by atoms with Gasteiger partial charge in [-0.3, -0.25) is 0 Å². The molecule has 7 rings (SSSR count). The number of phenols is 3. The lowest BCUT2D eigenvalue weighted by atomic mass is 9.64. The molecule has 0 bridgehead atoms. The van der Waals surface area contributed by atoms with Crippen LogP contribution in [0.1, 0.15) is 89.8 Å². The number of aliphatic hydroxyl groups excluding tert-OH is 3. The molecule has 10 heteroatoms. The van der Waals surface area contributed by atoms with Gasteiger partial charge in [0.05, 0.1) is 38.6 Å². The van der Waals surface area contributed by atoms with Crippen molar-refractivity contribution in [3.05, 3.63) is 93.8 Å². The maximum absolute atomic E-state index is 11.5. The van der Waals surface area contributed by atoms with Crippen LogP contribution in [0.5, 0.6) is 23.0 Å². The SMILES string of the molecule is CNC1C=CC2C(CC=C(CO)C2c2cc(C3CCC4C(O)CC(c5c(CO)c(O)c(O)c(OC)c5Cc5cc[nH]c5)OC4C3)ccc2O)C1. The fraction of sp³-hybridized carbons (Fsp3) is 0.500. The molecule has 2 aromatic carbocycles. The van der Waals surface area contributed by atoms with Gasteiger partial charge in [0.15, 0.2) is 11.5 Å². The number of methoxy groups -OCH3 is 1. The molecule has 2 fully saturated rings. The van der Waals surface area contributed by atoms with Gasteiger partial charge in [-0.25, -0.2) is 0 Å². The highest BCUT2D eigenvalue weighted by molar-refractivity contribution is 5.64. The number of ether oxygens (including phenoxy) is 2. The van der Waals surface area contributed by atoms with E-state index < -0.39 is 30.3 Å². The minimum absolute atomic E-state index is 0.0549. The first-order valence-corrected chi connectivity index (χ1v) is 17.9. The summed E-state index contributed by atoms with van der Waals surface area (Å²) in [5, 5.41) is 68.9. The molecule has 1 saturated heterocycles. The number of nitrogens with one attached hydrogen (secondary N) is 2. The van der Waals surface area contributed by atoms with E-state index in [1.807, 2.05) is 25.4 Å². The van der Waals surface area contributed by atoms with Crippen molar-refractivity contribution in [3.8, 4) is 23.0 Å². The zero-order valence-corrected chi connectivity index (χ0v) is 28.8. The van der Waals surface area contributed by atoms with Gasteiger partial charge in [0.1, 0.15) is 5.75 Å². The Balaban J connectivity index is 1.20. The summed E-state index contributed by atoms with van der Waals surface area (Å²) in [7, 11) is 3.41. The number of allylic oxidation sites excluding steroid dienone is 2. The van der Waals surface area contributed by atoms with E-state index in [9.17, 15) is 30.6 Å². The Kier molecular flexibility index (Phi) is 10.0. The highest BCUT2D eigenvalue weighted by Gasteiger charge is 2.45. The van der Waals surface area contributed by atoms with Gasteiger partial charge in [0.2, 0.25) is 5.75 Å². The van der Waals surface area contributed by atoms with Crippen molar-refractivity contribution in [2.45, 2.75) is 87.7 Å². The fourth-order valence-corrected chi connectivity index (χ4v) is 9.50. The van der Waals surface area contributed by atoms with Gasteiger partial charge < -0.3 is 50.4 Å². The molecule has 9 atom stereocenters. The number of fused-ring (bicyclic) bond motifs is 2. The monoisotopic (exact) mass is 686 g/mol. The lowest BCUT2D eigenvalue weighted by molar-refractivity contribution is -0.154. The van der Waals surface area contributed by atoms with E-state index in [1.165, 1.54) is 7.11 Å². The average Bonchev–Trinajstić information content (AvgIpc) is 3.65. The molecule has 3 aromatic rings. The standard InChI is InChI=1S/C40H50N2O8/c1-41-26-7-9-27-24(14-26)3-4-25(19-43)36(27)29-15-22(6-10-32(29)45)23-5-8-28-33(46)17-35(50-34(28)16-23)37-30(13-21-11-12-42-18-21)40(49-2)39(48)38(47)31(37)20-44/h4,6-7,9-12,15,18,23-24,26-28,33-36,41-48H,3,5,8,13-14,16-17,19-20H2,1-2H3. The van der Waals surface area contributed by atoms with E-state index in [2.05, 4.69) is 34.6 Å². The zero-order valence-electron chi connectivity index (χ0n) is 28.8. The van der Waals surface area contributed by atoms with E-state index in [1.54, 1.807) is 12.3 Å². The topological polar surface area (TPSA) is 168 Å². The lowest BCUT2D eigenvalue weighted by Crippen LogP contribution is -2.44. The van der Waals surface area contributed by atoms with Crippen molar-refractivity contribution in [1.29, 1.82) is 0 Å². The number of phenolic OH excluding ortho intramolecular Hbond substituents is 2. The first-order valence-electron chi connectivity index (χ1n) is 17.9. The van der Waals surface area contributed by atoms with Crippen LogP contribution < -0.4 is 10.1 Å². The van der Waals surface area contributed by atoms with Crippen LogP contribution in [-0.4, -0.2) is 74.6 Å². The summed E-state index contributed by atoms with van der Waals surface area (Å²) in [6, 6.07) is 8.11. The first kappa shape index (κ1) is 34.6. The molecule has 4 aliphatic rings. The largest absolute Gasteiger partial charge is 0.508 e. The van der Waals surface area contributed by atoms with Crippen LogP contribution in [0, 0.1) is 17.8 Å². The van der Waals surface area contributed by atoms with Crippen LogP contribution in [0.15, 0.2) is 60.5 Å². The molecule has 9 unspecified atom stereocenters. The van der Waals surface area contributed by atoms with Gasteiger partial charge in [-0.1, -0.05) is 30.4 Å². The number of aliphatic hydroxyl groups is 3. The number of aromatic hydroxyl groups is 3. The summed E-state index contributed by atoms with van der Waals surface area (Å²) in [4.78, 5) is 3.05.